The highest BCUT2D eigenvalue weighted by atomic mass is 16.4. The maximum atomic E-state index is 11.6. The van der Waals surface area contributed by atoms with Crippen molar-refractivity contribution in [3.8, 4) is 0 Å². The number of carboxylic acid groups (broad SMARTS) is 1. The Balaban J connectivity index is 1.89. The molecule has 1 unspecified atom stereocenters. The number of nitrogens with one attached hydrogen (secondary N) is 2. The highest BCUT2D eigenvalue weighted by molar-refractivity contribution is 5.90. The van der Waals surface area contributed by atoms with Crippen molar-refractivity contribution in [2.45, 2.75) is 26.3 Å². The highest BCUT2D eigenvalue weighted by Gasteiger charge is 2.46. The smallest absolute Gasteiger partial charge is 0.354 e. The van der Waals surface area contributed by atoms with Gasteiger partial charge in [0.25, 0.3) is 0 Å². The molecular weight excluding hydrogens is 234 g/mol. The summed E-state index contributed by atoms with van der Waals surface area (Å²) in [4.78, 5) is 25.9. The lowest BCUT2D eigenvalue weighted by molar-refractivity contribution is 0.0690. The molecule has 6 heteroatoms. The van der Waals surface area contributed by atoms with Gasteiger partial charge < -0.3 is 15.7 Å². The quantitative estimate of drug-likeness (QED) is 0.760. The average Bonchev–Trinajstić information content (AvgIpc) is 2.86. The molecule has 96 valence electrons. The fraction of sp³-hybridized carbons (Fsp3) is 0.417. The van der Waals surface area contributed by atoms with E-state index in [0.29, 0.717) is 5.69 Å². The molecule has 2 amide bonds. The predicted molar refractivity (Wildman–Crippen MR) is 65.5 cm³/mol. The second kappa shape index (κ2) is 4.29. The van der Waals surface area contributed by atoms with Crippen LogP contribution in [0.4, 0.5) is 10.5 Å². The number of carbonyl (C=O) groups is 2. The summed E-state index contributed by atoms with van der Waals surface area (Å²) in [5.74, 6) is -1.09. The summed E-state index contributed by atoms with van der Waals surface area (Å²) < 4.78 is 0. The number of aromatic carboxylic acids is 1. The average molecular weight is 249 g/mol. The largest absolute Gasteiger partial charge is 0.477 e. The minimum atomic E-state index is -1.09. The van der Waals surface area contributed by atoms with Crippen LogP contribution in [0.1, 0.15) is 30.8 Å². The molecule has 3 N–H and O–H groups in total. The molecule has 1 aliphatic rings. The lowest BCUT2D eigenvalue weighted by atomic mass is 10.2. The molecule has 1 saturated carbocycles. The van der Waals surface area contributed by atoms with E-state index in [1.165, 1.54) is 18.3 Å². The number of hydrogen-bond acceptors (Lipinski definition) is 3. The van der Waals surface area contributed by atoms with E-state index in [0.717, 1.165) is 6.42 Å². The molecule has 1 aromatic rings. The number of aromatic nitrogens is 1. The number of amides is 2. The van der Waals surface area contributed by atoms with E-state index in [9.17, 15) is 9.59 Å². The molecule has 0 bridgehead atoms. The van der Waals surface area contributed by atoms with Crippen molar-refractivity contribution in [1.29, 1.82) is 0 Å². The zero-order chi connectivity index (χ0) is 13.3. The number of nitrogens with zero attached hydrogens (tertiary/aromatic N) is 1. The lowest BCUT2D eigenvalue weighted by Crippen LogP contribution is -2.32. The minimum Gasteiger partial charge on any atom is -0.477 e. The van der Waals surface area contributed by atoms with Gasteiger partial charge in [0.1, 0.15) is 5.69 Å². The Morgan fingerprint density at radius 1 is 1.44 bits per heavy atom. The first kappa shape index (κ1) is 12.3. The number of rotatable bonds is 3. The van der Waals surface area contributed by atoms with Gasteiger partial charge in [0.05, 0.1) is 11.9 Å². The van der Waals surface area contributed by atoms with Crippen LogP contribution >= 0.6 is 0 Å². The van der Waals surface area contributed by atoms with Crippen LogP contribution in [0.3, 0.4) is 0 Å². The number of anilines is 1. The van der Waals surface area contributed by atoms with E-state index in [4.69, 9.17) is 5.11 Å². The zero-order valence-corrected chi connectivity index (χ0v) is 10.2. The molecule has 0 aliphatic heterocycles. The van der Waals surface area contributed by atoms with Crippen LogP contribution in [0.5, 0.6) is 0 Å². The Morgan fingerprint density at radius 3 is 2.56 bits per heavy atom. The van der Waals surface area contributed by atoms with Crippen LogP contribution in [-0.4, -0.2) is 28.1 Å². The van der Waals surface area contributed by atoms with Gasteiger partial charge >= 0.3 is 12.0 Å². The van der Waals surface area contributed by atoms with Crippen molar-refractivity contribution in [1.82, 2.24) is 10.3 Å². The molecular formula is C12H15N3O3. The molecule has 0 spiro atoms. The molecule has 6 nitrogen and oxygen atoms in total. The summed E-state index contributed by atoms with van der Waals surface area (Å²) in [5, 5.41) is 14.1. The Morgan fingerprint density at radius 2 is 2.11 bits per heavy atom. The molecule has 1 aromatic heterocycles. The first-order valence-electron chi connectivity index (χ1n) is 5.65. The molecule has 1 atom stereocenters. The van der Waals surface area contributed by atoms with Gasteiger partial charge in [-0.05, 0) is 24.0 Å². The summed E-state index contributed by atoms with van der Waals surface area (Å²) in [6.07, 6.45) is 2.29. The fourth-order valence-electron chi connectivity index (χ4n) is 1.63. The Labute approximate surface area is 104 Å². The van der Waals surface area contributed by atoms with Gasteiger partial charge in [-0.25, -0.2) is 14.6 Å². The molecule has 1 aliphatic carbocycles. The molecule has 18 heavy (non-hydrogen) atoms. The summed E-state index contributed by atoms with van der Waals surface area (Å²) in [5.41, 5.74) is 0.586. The van der Waals surface area contributed by atoms with Crippen molar-refractivity contribution in [2.75, 3.05) is 5.32 Å². The molecule has 0 aromatic carbocycles. The molecule has 0 radical (unpaired) electrons. The maximum Gasteiger partial charge on any atom is 0.354 e. The lowest BCUT2D eigenvalue weighted by Gasteiger charge is -2.08. The second-order valence-corrected chi connectivity index (χ2v) is 5.08. The number of urea groups is 1. The number of pyridine rings is 1. The van der Waals surface area contributed by atoms with Gasteiger partial charge in [-0.1, -0.05) is 13.8 Å². The van der Waals surface area contributed by atoms with E-state index < -0.39 is 5.97 Å². The van der Waals surface area contributed by atoms with Gasteiger partial charge in [0.15, 0.2) is 0 Å². The van der Waals surface area contributed by atoms with Crippen LogP contribution in [0.2, 0.25) is 0 Å². The first-order valence-corrected chi connectivity index (χ1v) is 5.65. The topological polar surface area (TPSA) is 91.3 Å². The van der Waals surface area contributed by atoms with E-state index >= 15 is 0 Å². The van der Waals surface area contributed by atoms with Crippen molar-refractivity contribution < 1.29 is 14.7 Å². The molecule has 1 heterocycles. The Hall–Kier alpha value is -2.11. The highest BCUT2D eigenvalue weighted by Crippen LogP contribution is 2.44. The third-order valence-corrected chi connectivity index (χ3v) is 3.06. The van der Waals surface area contributed by atoms with Crippen LogP contribution in [-0.2, 0) is 0 Å². The SMILES string of the molecule is CC1(C)CC1NC(=O)Nc1ccc(C(=O)O)nc1. The van der Waals surface area contributed by atoms with Crippen molar-refractivity contribution in [3.05, 3.63) is 24.0 Å². The van der Waals surface area contributed by atoms with Crippen molar-refractivity contribution in [2.24, 2.45) is 5.41 Å². The second-order valence-electron chi connectivity index (χ2n) is 5.08. The first-order chi connectivity index (χ1) is 8.38. The van der Waals surface area contributed by atoms with Crippen LogP contribution < -0.4 is 10.6 Å². The Kier molecular flexibility index (Phi) is 2.94. The van der Waals surface area contributed by atoms with E-state index in [2.05, 4.69) is 29.5 Å². The van der Waals surface area contributed by atoms with Crippen LogP contribution in [0.15, 0.2) is 18.3 Å². The summed E-state index contributed by atoms with van der Waals surface area (Å²) >= 11 is 0. The van der Waals surface area contributed by atoms with Crippen LogP contribution in [0.25, 0.3) is 0 Å². The van der Waals surface area contributed by atoms with Gasteiger partial charge in [0.2, 0.25) is 0 Å². The summed E-state index contributed by atoms with van der Waals surface area (Å²) in [7, 11) is 0. The van der Waals surface area contributed by atoms with Crippen molar-refractivity contribution >= 4 is 17.7 Å². The molecule has 1 fully saturated rings. The van der Waals surface area contributed by atoms with E-state index in [1.54, 1.807) is 0 Å². The molecule has 0 saturated heterocycles. The van der Waals surface area contributed by atoms with Gasteiger partial charge in [-0.2, -0.15) is 0 Å². The third kappa shape index (κ3) is 2.77. The van der Waals surface area contributed by atoms with E-state index in [-0.39, 0.29) is 23.2 Å². The summed E-state index contributed by atoms with van der Waals surface area (Å²) in [6, 6.07) is 2.76. The van der Waals surface area contributed by atoms with Gasteiger partial charge in [-0.3, -0.25) is 0 Å². The minimum absolute atomic E-state index is 0.0516. The third-order valence-electron chi connectivity index (χ3n) is 3.06. The number of carbonyl (C=O) groups excluding carboxylic acids is 1. The Bertz CT molecular complexity index is 482. The zero-order valence-electron chi connectivity index (χ0n) is 10.2. The summed E-state index contributed by atoms with van der Waals surface area (Å²) in [6.45, 7) is 4.17. The van der Waals surface area contributed by atoms with E-state index in [1.807, 2.05) is 0 Å². The normalized spacial score (nSPS) is 20.0. The number of hydrogen-bond donors (Lipinski definition) is 3. The predicted octanol–water partition coefficient (Wildman–Crippen LogP) is 1.70. The standard InChI is InChI=1S/C12H15N3O3/c1-12(2)5-9(12)15-11(18)14-7-3-4-8(10(16)17)13-6-7/h3-4,6,9H,5H2,1-2H3,(H,16,17)(H2,14,15,18). The maximum absolute atomic E-state index is 11.6. The van der Waals surface area contributed by atoms with Crippen molar-refractivity contribution in [3.63, 3.8) is 0 Å². The van der Waals surface area contributed by atoms with Gasteiger partial charge in [-0.15, -0.1) is 0 Å². The van der Waals surface area contributed by atoms with Gasteiger partial charge in [0, 0.05) is 6.04 Å². The fourth-order valence-corrected chi connectivity index (χ4v) is 1.63. The number of carboxylic acids is 1. The van der Waals surface area contributed by atoms with Crippen LogP contribution in [0, 0.1) is 5.41 Å². The monoisotopic (exact) mass is 249 g/mol. The molecule has 2 rings (SSSR count).